The predicted molar refractivity (Wildman–Crippen MR) is 52.9 cm³/mol. The van der Waals surface area contributed by atoms with E-state index in [1.807, 2.05) is 0 Å². The van der Waals surface area contributed by atoms with E-state index in [1.54, 1.807) is 24.3 Å². The lowest BCUT2D eigenvalue weighted by Gasteiger charge is -2.08. The van der Waals surface area contributed by atoms with Gasteiger partial charge in [-0.05, 0) is 24.3 Å². The second-order valence-corrected chi connectivity index (χ2v) is 4.08. The minimum absolute atomic E-state index is 0.511. The number of hydrogen-bond donors (Lipinski definition) is 0. The van der Waals surface area contributed by atoms with Gasteiger partial charge < -0.3 is 4.52 Å². The van der Waals surface area contributed by atoms with E-state index in [0.717, 1.165) is 0 Å². The first-order chi connectivity index (χ1) is 6.26. The molecule has 0 spiro atoms. The van der Waals surface area contributed by atoms with Gasteiger partial charge in [0.15, 0.2) is 0 Å². The largest absolute Gasteiger partial charge is 0.433 e. The van der Waals surface area contributed by atoms with Crippen LogP contribution in [0.15, 0.2) is 24.3 Å². The summed E-state index contributed by atoms with van der Waals surface area (Å²) in [5.74, 6) is 0.511. The molecule has 0 saturated carbocycles. The molecule has 0 N–H and O–H groups in total. The van der Waals surface area contributed by atoms with Crippen molar-refractivity contribution in [1.29, 1.82) is 0 Å². The monoisotopic (exact) mass is 260 g/mol. The number of benzene rings is 1. The average molecular weight is 261 g/mol. The van der Waals surface area contributed by atoms with Gasteiger partial charge in [0, 0.05) is 5.02 Å². The van der Waals surface area contributed by atoms with E-state index in [4.69, 9.17) is 39.9 Å². The molecular weight excluding hydrogens is 257 g/mol. The lowest BCUT2D eigenvalue weighted by Crippen LogP contribution is -1.86. The molecule has 72 valence electrons. The Morgan fingerprint density at radius 2 is 1.54 bits per heavy atom. The minimum Gasteiger partial charge on any atom is -0.425 e. The lowest BCUT2D eigenvalue weighted by molar-refractivity contribution is 0.419. The van der Waals surface area contributed by atoms with Crippen LogP contribution in [0.1, 0.15) is 0 Å². The highest BCUT2D eigenvalue weighted by atomic mass is 35.5. The first-order valence-corrected chi connectivity index (χ1v) is 5.16. The van der Waals surface area contributed by atoms with Crippen molar-refractivity contribution in [3.63, 3.8) is 0 Å². The van der Waals surface area contributed by atoms with Gasteiger partial charge in [0.05, 0.1) is 23.7 Å². The van der Waals surface area contributed by atoms with Crippen LogP contribution >= 0.6 is 43.9 Å². The van der Waals surface area contributed by atoms with Crippen molar-refractivity contribution < 1.29 is 12.7 Å². The third-order valence-corrected chi connectivity index (χ3v) is 2.62. The molecule has 0 aliphatic heterocycles. The molecule has 0 heterocycles. The van der Waals surface area contributed by atoms with Gasteiger partial charge in [-0.2, -0.15) is 8.15 Å². The highest BCUT2D eigenvalue weighted by Gasteiger charge is 2.13. The fourth-order valence-electron chi connectivity index (χ4n) is 0.620. The Kier molecular flexibility index (Phi) is 5.10. The fourth-order valence-corrected chi connectivity index (χ4v) is 1.54. The van der Waals surface area contributed by atoms with Gasteiger partial charge in [-0.1, -0.05) is 11.6 Å². The molecule has 0 aliphatic rings. The molecule has 0 saturated heterocycles. The number of halogens is 3. The van der Waals surface area contributed by atoms with Gasteiger partial charge in [-0.3, -0.25) is 0 Å². The normalized spacial score (nSPS) is 10.5. The highest BCUT2D eigenvalue weighted by Crippen LogP contribution is 2.43. The molecule has 0 unspecified atom stereocenters. The van der Waals surface area contributed by atoms with E-state index >= 15 is 0 Å². The maximum absolute atomic E-state index is 5.65. The molecule has 0 radical (unpaired) electrons. The highest BCUT2D eigenvalue weighted by molar-refractivity contribution is 7.44. The zero-order valence-electron chi connectivity index (χ0n) is 6.12. The van der Waals surface area contributed by atoms with Crippen molar-refractivity contribution >= 4 is 43.9 Å². The molecule has 1 aromatic carbocycles. The van der Waals surface area contributed by atoms with Crippen molar-refractivity contribution in [2.45, 2.75) is 0 Å². The molecule has 1 rings (SSSR count). The average Bonchev–Trinajstić information content (AvgIpc) is 2.17. The van der Waals surface area contributed by atoms with Crippen LogP contribution in [0.3, 0.4) is 0 Å². The maximum atomic E-state index is 5.65. The van der Waals surface area contributed by atoms with Crippen LogP contribution in [-0.4, -0.2) is 0 Å². The Labute approximate surface area is 91.8 Å². The zero-order valence-corrected chi connectivity index (χ0v) is 9.28. The molecule has 1 aromatic rings. The van der Waals surface area contributed by atoms with E-state index in [-0.39, 0.29) is 0 Å². The zero-order chi connectivity index (χ0) is 9.68. The first-order valence-electron chi connectivity index (χ1n) is 3.07. The van der Waals surface area contributed by atoms with Gasteiger partial charge in [0.2, 0.25) is 0 Å². The lowest BCUT2D eigenvalue weighted by atomic mass is 10.3. The van der Waals surface area contributed by atoms with Crippen LogP contribution in [0.4, 0.5) is 0 Å². The van der Waals surface area contributed by atoms with Crippen molar-refractivity contribution in [3.8, 4) is 5.75 Å². The van der Waals surface area contributed by atoms with Gasteiger partial charge >= 0.3 is 8.60 Å². The Hall–Kier alpha value is 0.240. The molecule has 3 nitrogen and oxygen atoms in total. The molecule has 13 heavy (non-hydrogen) atoms. The second kappa shape index (κ2) is 5.86. The van der Waals surface area contributed by atoms with Crippen molar-refractivity contribution in [2.24, 2.45) is 0 Å². The Bertz CT molecular complexity index is 252. The van der Waals surface area contributed by atoms with E-state index in [9.17, 15) is 0 Å². The third kappa shape index (κ3) is 3.86. The van der Waals surface area contributed by atoms with Gasteiger partial charge in [-0.25, -0.2) is 0 Å². The molecule has 0 fully saturated rings. The van der Waals surface area contributed by atoms with Gasteiger partial charge in [0.25, 0.3) is 0 Å². The van der Waals surface area contributed by atoms with Crippen LogP contribution in [0.2, 0.25) is 5.02 Å². The van der Waals surface area contributed by atoms with E-state index in [2.05, 4.69) is 8.15 Å². The molecule has 0 atom stereocenters. The summed E-state index contributed by atoms with van der Waals surface area (Å²) in [5.41, 5.74) is 0. The topological polar surface area (TPSA) is 27.7 Å². The molecule has 0 bridgehead atoms. The SMILES string of the molecule is ClOP(OCl)Oc1ccc(Cl)cc1. The molecule has 0 aliphatic carbocycles. The summed E-state index contributed by atoms with van der Waals surface area (Å²) in [6, 6.07) is 6.60. The summed E-state index contributed by atoms with van der Waals surface area (Å²) < 4.78 is 13.6. The minimum atomic E-state index is -1.75. The molecule has 0 aromatic heterocycles. The first kappa shape index (κ1) is 11.3. The number of rotatable bonds is 4. The third-order valence-electron chi connectivity index (χ3n) is 1.11. The summed E-state index contributed by atoms with van der Waals surface area (Å²) >= 11 is 15.7. The van der Waals surface area contributed by atoms with E-state index in [1.165, 1.54) is 0 Å². The van der Waals surface area contributed by atoms with Crippen LogP contribution in [0, 0.1) is 0 Å². The fraction of sp³-hybridized carbons (Fsp3) is 0. The summed E-state index contributed by atoms with van der Waals surface area (Å²) in [6.45, 7) is 0. The van der Waals surface area contributed by atoms with Crippen molar-refractivity contribution in [3.05, 3.63) is 29.3 Å². The number of hydrogen-bond acceptors (Lipinski definition) is 3. The Balaban J connectivity index is 2.58. The van der Waals surface area contributed by atoms with Crippen molar-refractivity contribution in [1.82, 2.24) is 0 Å². The summed E-state index contributed by atoms with van der Waals surface area (Å²) in [6.07, 6.45) is 0. The molecule has 7 heteroatoms. The maximum Gasteiger partial charge on any atom is 0.433 e. The Morgan fingerprint density at radius 1 is 1.00 bits per heavy atom. The Morgan fingerprint density at radius 3 is 2.00 bits per heavy atom. The summed E-state index contributed by atoms with van der Waals surface area (Å²) in [7, 11) is -1.75. The predicted octanol–water partition coefficient (Wildman–Crippen LogP) is 4.29. The van der Waals surface area contributed by atoms with Gasteiger partial charge in [-0.15, -0.1) is 0 Å². The van der Waals surface area contributed by atoms with Gasteiger partial charge in [0.1, 0.15) is 5.75 Å². The molecule has 0 amide bonds. The van der Waals surface area contributed by atoms with Crippen LogP contribution in [-0.2, 0) is 8.15 Å². The van der Waals surface area contributed by atoms with Crippen molar-refractivity contribution in [2.75, 3.05) is 0 Å². The van der Waals surface area contributed by atoms with E-state index < -0.39 is 8.60 Å². The summed E-state index contributed by atoms with van der Waals surface area (Å²) in [5, 5.41) is 0.607. The van der Waals surface area contributed by atoms with Crippen LogP contribution in [0.5, 0.6) is 5.75 Å². The summed E-state index contributed by atoms with van der Waals surface area (Å²) in [4.78, 5) is 0. The quantitative estimate of drug-likeness (QED) is 0.757. The van der Waals surface area contributed by atoms with Crippen LogP contribution in [0.25, 0.3) is 0 Å². The second-order valence-electron chi connectivity index (χ2n) is 1.91. The molecular formula is C6H4Cl3O3P. The standard InChI is InChI=1S/C6H4Cl3O3P/c7-5-1-3-6(4-2-5)10-13(11-8)12-9/h1-4H. The smallest absolute Gasteiger partial charge is 0.425 e. The van der Waals surface area contributed by atoms with Crippen LogP contribution < -0.4 is 4.52 Å². The van der Waals surface area contributed by atoms with E-state index in [0.29, 0.717) is 10.8 Å².